The van der Waals surface area contributed by atoms with Crippen molar-refractivity contribution in [3.8, 4) is 0 Å². The minimum atomic E-state index is -0.717. The molecule has 2 N–H and O–H groups in total. The number of hydrogen-bond donors (Lipinski definition) is 2. The highest BCUT2D eigenvalue weighted by Crippen LogP contribution is 2.18. The number of carbonyl (C=O) groups excluding carboxylic acids is 3. The Labute approximate surface area is 190 Å². The minimum absolute atomic E-state index is 0.168. The third-order valence-electron chi connectivity index (χ3n) is 4.74. The normalized spacial score (nSPS) is 12.0. The minimum Gasteiger partial charge on any atom is -0.462 e. The molecule has 0 fully saturated rings. The molecule has 0 spiro atoms. The van der Waals surface area contributed by atoms with Crippen molar-refractivity contribution in [2.24, 2.45) is 5.41 Å². The smallest absolute Gasteiger partial charge is 0.338 e. The first-order chi connectivity index (χ1) is 15.2. The Morgan fingerprint density at radius 3 is 2.22 bits per heavy atom. The van der Waals surface area contributed by atoms with Crippen molar-refractivity contribution in [3.05, 3.63) is 65.7 Å². The molecule has 2 aromatic carbocycles. The van der Waals surface area contributed by atoms with Crippen molar-refractivity contribution < 1.29 is 19.1 Å². The summed E-state index contributed by atoms with van der Waals surface area (Å²) in [7, 11) is 0. The largest absolute Gasteiger partial charge is 0.462 e. The number of unbranched alkanes of at least 4 members (excludes halogenated alkanes) is 1. The summed E-state index contributed by atoms with van der Waals surface area (Å²) in [5.41, 5.74) is 1.75. The molecule has 2 aromatic rings. The van der Waals surface area contributed by atoms with E-state index in [1.807, 2.05) is 58.0 Å². The second-order valence-electron chi connectivity index (χ2n) is 9.10. The highest BCUT2D eigenvalue weighted by Gasteiger charge is 2.24. The van der Waals surface area contributed by atoms with Gasteiger partial charge in [0.25, 0.3) is 0 Å². The van der Waals surface area contributed by atoms with E-state index in [4.69, 9.17) is 4.74 Å². The van der Waals surface area contributed by atoms with E-state index >= 15 is 0 Å². The van der Waals surface area contributed by atoms with Gasteiger partial charge in [-0.25, -0.2) is 4.79 Å². The van der Waals surface area contributed by atoms with Crippen LogP contribution in [0.1, 0.15) is 62.9 Å². The predicted molar refractivity (Wildman–Crippen MR) is 126 cm³/mol. The predicted octanol–water partition coefficient (Wildman–Crippen LogP) is 4.75. The fraction of sp³-hybridized carbons (Fsp3) is 0.423. The standard InChI is InChI=1S/C26H34N2O4/c1-5-6-16-32-25(31)20-12-14-21(15-13-20)27-24(30)22(17-19-10-8-7-9-11-19)28-23(29)18-26(2,3)4/h7-15,22H,5-6,16-18H2,1-4H3,(H,27,30)(H,28,29). The number of amides is 2. The number of esters is 1. The lowest BCUT2D eigenvalue weighted by Gasteiger charge is -2.22. The van der Waals surface area contributed by atoms with Crippen molar-refractivity contribution in [2.45, 2.75) is 59.4 Å². The summed E-state index contributed by atoms with van der Waals surface area (Å²) in [6.07, 6.45) is 2.48. The van der Waals surface area contributed by atoms with Crippen LogP contribution in [0.3, 0.4) is 0 Å². The van der Waals surface area contributed by atoms with Crippen LogP contribution in [0.2, 0.25) is 0 Å². The number of hydrogen-bond acceptors (Lipinski definition) is 4. The van der Waals surface area contributed by atoms with Crippen LogP contribution in [-0.2, 0) is 20.7 Å². The molecule has 1 atom stereocenters. The lowest BCUT2D eigenvalue weighted by Crippen LogP contribution is -2.46. The summed E-state index contributed by atoms with van der Waals surface area (Å²) < 4.78 is 5.20. The molecule has 0 bridgehead atoms. The van der Waals surface area contributed by atoms with Crippen molar-refractivity contribution in [1.82, 2.24) is 5.32 Å². The van der Waals surface area contributed by atoms with E-state index in [2.05, 4.69) is 10.6 Å². The molecule has 0 aliphatic carbocycles. The van der Waals surface area contributed by atoms with E-state index in [-0.39, 0.29) is 23.2 Å². The van der Waals surface area contributed by atoms with Gasteiger partial charge < -0.3 is 15.4 Å². The molecule has 32 heavy (non-hydrogen) atoms. The van der Waals surface area contributed by atoms with Crippen LogP contribution in [0.5, 0.6) is 0 Å². The van der Waals surface area contributed by atoms with E-state index in [0.717, 1.165) is 18.4 Å². The highest BCUT2D eigenvalue weighted by molar-refractivity contribution is 5.98. The third kappa shape index (κ3) is 8.92. The Morgan fingerprint density at radius 1 is 0.969 bits per heavy atom. The summed E-state index contributed by atoms with van der Waals surface area (Å²) in [5, 5.41) is 5.72. The molecule has 0 heterocycles. The first-order valence-electron chi connectivity index (χ1n) is 11.1. The van der Waals surface area contributed by atoms with Crippen LogP contribution in [0.4, 0.5) is 5.69 Å². The lowest BCUT2D eigenvalue weighted by molar-refractivity contribution is -0.127. The Hall–Kier alpha value is -3.15. The zero-order chi connectivity index (χ0) is 23.6. The van der Waals surface area contributed by atoms with Gasteiger partial charge in [-0.05, 0) is 41.7 Å². The van der Waals surface area contributed by atoms with Gasteiger partial charge in [-0.2, -0.15) is 0 Å². The lowest BCUT2D eigenvalue weighted by atomic mass is 9.91. The van der Waals surface area contributed by atoms with Gasteiger partial charge in [0.15, 0.2) is 0 Å². The fourth-order valence-electron chi connectivity index (χ4n) is 3.10. The van der Waals surface area contributed by atoms with Crippen LogP contribution in [0, 0.1) is 5.41 Å². The molecule has 1 unspecified atom stereocenters. The number of benzene rings is 2. The number of nitrogens with one attached hydrogen (secondary N) is 2. The topological polar surface area (TPSA) is 84.5 Å². The quantitative estimate of drug-likeness (QED) is 0.414. The van der Waals surface area contributed by atoms with Gasteiger partial charge in [-0.3, -0.25) is 9.59 Å². The monoisotopic (exact) mass is 438 g/mol. The van der Waals surface area contributed by atoms with Gasteiger partial charge in [0, 0.05) is 18.5 Å². The number of rotatable bonds is 10. The second kappa shape index (κ2) is 12.0. The van der Waals surface area contributed by atoms with Gasteiger partial charge >= 0.3 is 5.97 Å². The summed E-state index contributed by atoms with van der Waals surface area (Å²) in [4.78, 5) is 37.5. The van der Waals surface area contributed by atoms with Gasteiger partial charge in [0.2, 0.25) is 11.8 Å². The summed E-state index contributed by atoms with van der Waals surface area (Å²) in [5.74, 6) is -0.860. The number of ether oxygens (including phenoxy) is 1. The van der Waals surface area contributed by atoms with E-state index < -0.39 is 6.04 Å². The molecular formula is C26H34N2O4. The van der Waals surface area contributed by atoms with Crippen LogP contribution in [0.25, 0.3) is 0 Å². The summed E-state index contributed by atoms with van der Waals surface area (Å²) >= 11 is 0. The first-order valence-corrected chi connectivity index (χ1v) is 11.1. The van der Waals surface area contributed by atoms with Crippen molar-refractivity contribution in [3.63, 3.8) is 0 Å². The zero-order valence-electron chi connectivity index (χ0n) is 19.4. The summed E-state index contributed by atoms with van der Waals surface area (Å²) in [6, 6.07) is 15.4. The third-order valence-corrected chi connectivity index (χ3v) is 4.74. The second-order valence-corrected chi connectivity index (χ2v) is 9.10. The molecule has 6 nitrogen and oxygen atoms in total. The SMILES string of the molecule is CCCCOC(=O)c1ccc(NC(=O)C(Cc2ccccc2)NC(=O)CC(C)(C)C)cc1. The van der Waals surface area contributed by atoms with Crippen molar-refractivity contribution in [2.75, 3.05) is 11.9 Å². The number of anilines is 1. The Kier molecular flexibility index (Phi) is 9.44. The van der Waals surface area contributed by atoms with E-state index in [1.54, 1.807) is 24.3 Å². The van der Waals surface area contributed by atoms with Gasteiger partial charge in [0.1, 0.15) is 6.04 Å². The van der Waals surface area contributed by atoms with E-state index in [0.29, 0.717) is 30.7 Å². The Morgan fingerprint density at radius 2 is 1.62 bits per heavy atom. The van der Waals surface area contributed by atoms with Crippen molar-refractivity contribution in [1.29, 1.82) is 0 Å². The molecule has 0 aromatic heterocycles. The van der Waals surface area contributed by atoms with Crippen LogP contribution in [-0.4, -0.2) is 30.4 Å². The molecule has 0 radical (unpaired) electrons. The van der Waals surface area contributed by atoms with Crippen LogP contribution >= 0.6 is 0 Å². The maximum Gasteiger partial charge on any atom is 0.338 e. The molecule has 0 saturated heterocycles. The Bertz CT molecular complexity index is 886. The molecule has 6 heteroatoms. The maximum atomic E-state index is 13.0. The molecule has 0 aliphatic heterocycles. The van der Waals surface area contributed by atoms with Gasteiger partial charge in [-0.1, -0.05) is 64.4 Å². The van der Waals surface area contributed by atoms with Crippen molar-refractivity contribution >= 4 is 23.5 Å². The van der Waals surface area contributed by atoms with E-state index in [9.17, 15) is 14.4 Å². The molecular weight excluding hydrogens is 404 g/mol. The molecule has 0 aliphatic rings. The number of carbonyl (C=O) groups is 3. The average molecular weight is 439 g/mol. The van der Waals surface area contributed by atoms with Crippen LogP contribution < -0.4 is 10.6 Å². The molecule has 2 rings (SSSR count). The Balaban J connectivity index is 2.06. The van der Waals surface area contributed by atoms with Gasteiger partial charge in [0.05, 0.1) is 12.2 Å². The fourth-order valence-corrected chi connectivity index (χ4v) is 3.10. The zero-order valence-corrected chi connectivity index (χ0v) is 19.4. The van der Waals surface area contributed by atoms with E-state index in [1.165, 1.54) is 0 Å². The van der Waals surface area contributed by atoms with Crippen LogP contribution in [0.15, 0.2) is 54.6 Å². The average Bonchev–Trinajstić information content (AvgIpc) is 2.73. The molecule has 0 saturated carbocycles. The first kappa shape index (κ1) is 25.1. The highest BCUT2D eigenvalue weighted by atomic mass is 16.5. The van der Waals surface area contributed by atoms with Gasteiger partial charge in [-0.15, -0.1) is 0 Å². The molecule has 2 amide bonds. The molecule has 172 valence electrons. The maximum absolute atomic E-state index is 13.0. The summed E-state index contributed by atoms with van der Waals surface area (Å²) in [6.45, 7) is 8.36.